The molecule has 11 aromatic carbocycles. The van der Waals surface area contributed by atoms with Crippen molar-refractivity contribution >= 4 is 70.9 Å². The summed E-state index contributed by atoms with van der Waals surface area (Å²) in [6.45, 7) is 0. The van der Waals surface area contributed by atoms with E-state index in [2.05, 4.69) is 199 Å². The average molecular weight is 742 g/mol. The largest absolute Gasteiger partial charge is 0.310 e. The van der Waals surface area contributed by atoms with Gasteiger partial charge in [0.15, 0.2) is 0 Å². The molecule has 0 amide bonds. The minimum absolute atomic E-state index is 0.256. The average Bonchev–Trinajstić information content (AvgIpc) is 3.29. The van der Waals surface area contributed by atoms with Crippen molar-refractivity contribution in [3.8, 4) is 33.4 Å². The highest BCUT2D eigenvalue weighted by Gasteiger charge is 2.20. The molecule has 0 aliphatic rings. The number of halogens is 1. The van der Waals surface area contributed by atoms with Crippen molar-refractivity contribution in [2.45, 2.75) is 0 Å². The summed E-state index contributed by atoms with van der Waals surface area (Å²) < 4.78 is 14.2. The van der Waals surface area contributed by atoms with E-state index in [9.17, 15) is 4.39 Å². The Balaban J connectivity index is 1.13. The number of nitrogens with zero attached hydrogens (tertiary/aromatic N) is 1. The van der Waals surface area contributed by atoms with Gasteiger partial charge < -0.3 is 4.90 Å². The highest BCUT2D eigenvalue weighted by molar-refractivity contribution is 6.25. The molecule has 0 aliphatic carbocycles. The van der Waals surface area contributed by atoms with Gasteiger partial charge in [-0.2, -0.15) is 0 Å². The molecule has 0 fully saturated rings. The van der Waals surface area contributed by atoms with Gasteiger partial charge in [0.25, 0.3) is 0 Å². The van der Waals surface area contributed by atoms with E-state index in [1.165, 1.54) is 82.9 Å². The Hall–Kier alpha value is -7.55. The van der Waals surface area contributed by atoms with Crippen molar-refractivity contribution in [2.24, 2.45) is 0 Å². The van der Waals surface area contributed by atoms with Crippen molar-refractivity contribution in [3.05, 3.63) is 224 Å². The lowest BCUT2D eigenvalue weighted by atomic mass is 9.83. The maximum absolute atomic E-state index is 14.2. The molecular weight excluding hydrogens is 706 g/mol. The first-order valence-corrected chi connectivity index (χ1v) is 19.8. The minimum atomic E-state index is -0.256. The summed E-state index contributed by atoms with van der Waals surface area (Å²) in [7, 11) is 0. The fraction of sp³-hybridized carbons (Fsp3) is 0. The molecule has 0 saturated carbocycles. The molecule has 0 N–H and O–H groups in total. The third-order valence-electron chi connectivity index (χ3n) is 11.7. The molecule has 0 aliphatic heterocycles. The van der Waals surface area contributed by atoms with Gasteiger partial charge in [-0.05, 0) is 142 Å². The number of fused-ring (bicyclic) bond motifs is 5. The van der Waals surface area contributed by atoms with Gasteiger partial charge in [0, 0.05) is 17.1 Å². The maximum Gasteiger partial charge on any atom is 0.123 e. The van der Waals surface area contributed by atoms with E-state index < -0.39 is 0 Å². The smallest absolute Gasteiger partial charge is 0.123 e. The summed E-state index contributed by atoms with van der Waals surface area (Å²) in [5.74, 6) is -0.256. The molecule has 0 spiro atoms. The monoisotopic (exact) mass is 741 g/mol. The van der Waals surface area contributed by atoms with Gasteiger partial charge in [0.1, 0.15) is 5.82 Å². The first-order valence-electron chi connectivity index (χ1n) is 19.8. The number of benzene rings is 11. The zero-order valence-electron chi connectivity index (χ0n) is 31.6. The fourth-order valence-corrected chi connectivity index (χ4v) is 8.98. The SMILES string of the molecule is Fc1ccc(N(c2ccc(-c3ccc4c(-c5cccc6ccccc56)c5ccccc5c(-c5cccc6ccccc56)c4c3)cc2)c2ccc3ccccc3c2)cc1. The number of rotatable bonds is 6. The van der Waals surface area contributed by atoms with Gasteiger partial charge in [-0.25, -0.2) is 4.39 Å². The van der Waals surface area contributed by atoms with E-state index in [0.29, 0.717) is 0 Å². The zero-order valence-corrected chi connectivity index (χ0v) is 31.6. The van der Waals surface area contributed by atoms with Gasteiger partial charge in [0.2, 0.25) is 0 Å². The predicted molar refractivity (Wildman–Crippen MR) is 245 cm³/mol. The van der Waals surface area contributed by atoms with Gasteiger partial charge in [-0.1, -0.05) is 164 Å². The summed E-state index contributed by atoms with van der Waals surface area (Å²) in [5.41, 5.74) is 10.1. The summed E-state index contributed by atoms with van der Waals surface area (Å²) in [6.07, 6.45) is 0. The van der Waals surface area contributed by atoms with Crippen LogP contribution in [0.4, 0.5) is 21.5 Å². The molecule has 272 valence electrons. The summed E-state index contributed by atoms with van der Waals surface area (Å²) >= 11 is 0. The van der Waals surface area contributed by atoms with Crippen LogP contribution in [0.1, 0.15) is 0 Å². The van der Waals surface area contributed by atoms with Crippen molar-refractivity contribution in [2.75, 3.05) is 4.90 Å². The molecule has 11 aromatic rings. The quantitative estimate of drug-likeness (QED) is 0.153. The summed E-state index contributed by atoms with van der Waals surface area (Å²) in [4.78, 5) is 2.19. The lowest BCUT2D eigenvalue weighted by Gasteiger charge is -2.26. The van der Waals surface area contributed by atoms with Crippen LogP contribution in [0.25, 0.3) is 87.2 Å². The molecule has 1 nitrogen and oxygen atoms in total. The zero-order chi connectivity index (χ0) is 38.6. The van der Waals surface area contributed by atoms with E-state index in [1.54, 1.807) is 0 Å². The number of anilines is 3. The van der Waals surface area contributed by atoms with Crippen molar-refractivity contribution < 1.29 is 4.39 Å². The van der Waals surface area contributed by atoms with Crippen molar-refractivity contribution in [1.82, 2.24) is 0 Å². The highest BCUT2D eigenvalue weighted by Crippen LogP contribution is 2.48. The molecule has 11 rings (SSSR count). The Morgan fingerprint density at radius 2 is 0.724 bits per heavy atom. The fourth-order valence-electron chi connectivity index (χ4n) is 8.98. The van der Waals surface area contributed by atoms with E-state index in [0.717, 1.165) is 33.6 Å². The molecule has 0 atom stereocenters. The summed E-state index contributed by atoms with van der Waals surface area (Å²) in [5, 5.41) is 12.1. The first kappa shape index (κ1) is 33.8. The molecule has 0 aromatic heterocycles. The van der Waals surface area contributed by atoms with Gasteiger partial charge in [0.05, 0.1) is 0 Å². The van der Waals surface area contributed by atoms with Crippen LogP contribution in [0, 0.1) is 5.82 Å². The third kappa shape index (κ3) is 5.69. The second kappa shape index (κ2) is 13.9. The van der Waals surface area contributed by atoms with Crippen molar-refractivity contribution in [3.63, 3.8) is 0 Å². The topological polar surface area (TPSA) is 3.24 Å². The van der Waals surface area contributed by atoms with Crippen LogP contribution in [-0.4, -0.2) is 0 Å². The van der Waals surface area contributed by atoms with Crippen LogP contribution in [0.2, 0.25) is 0 Å². The minimum Gasteiger partial charge on any atom is -0.310 e. The second-order valence-corrected chi connectivity index (χ2v) is 15.0. The molecule has 2 heteroatoms. The summed E-state index contributed by atoms with van der Waals surface area (Å²) in [6, 6.07) is 77.0. The Morgan fingerprint density at radius 3 is 1.34 bits per heavy atom. The molecule has 58 heavy (non-hydrogen) atoms. The van der Waals surface area contributed by atoms with Crippen molar-refractivity contribution in [1.29, 1.82) is 0 Å². The molecule has 0 bridgehead atoms. The van der Waals surface area contributed by atoms with E-state index in [1.807, 2.05) is 12.1 Å². The molecule has 0 saturated heterocycles. The molecule has 0 unspecified atom stereocenters. The van der Waals surface area contributed by atoms with E-state index in [4.69, 9.17) is 0 Å². The van der Waals surface area contributed by atoms with Crippen LogP contribution in [-0.2, 0) is 0 Å². The second-order valence-electron chi connectivity index (χ2n) is 15.0. The van der Waals surface area contributed by atoms with Crippen LogP contribution in [0.15, 0.2) is 218 Å². The lowest BCUT2D eigenvalue weighted by molar-refractivity contribution is 0.628. The molecule has 0 heterocycles. The number of hydrogen-bond acceptors (Lipinski definition) is 1. The Morgan fingerprint density at radius 1 is 0.276 bits per heavy atom. The van der Waals surface area contributed by atoms with Gasteiger partial charge in [-0.15, -0.1) is 0 Å². The Bertz CT molecular complexity index is 3340. The first-order chi connectivity index (χ1) is 28.7. The maximum atomic E-state index is 14.2. The van der Waals surface area contributed by atoms with Crippen LogP contribution >= 0.6 is 0 Å². The van der Waals surface area contributed by atoms with Crippen LogP contribution in [0.3, 0.4) is 0 Å². The Labute approximate surface area is 336 Å². The van der Waals surface area contributed by atoms with Gasteiger partial charge in [-0.3, -0.25) is 0 Å². The number of hydrogen-bond donors (Lipinski definition) is 0. The standard InChI is InChI=1S/C56H36FN/c57-43-27-32-45(33-28-43)58(46-31-25-37-11-1-2-14-41(37)35-46)44-29-23-38(24-30-44)42-26-34-53-54(36-42)56(50-22-10-16-40-13-4-6-18-48(40)50)52-20-8-7-19-51(52)55(53)49-21-9-15-39-12-3-5-17-47(39)49/h1-36H. The predicted octanol–water partition coefficient (Wildman–Crippen LogP) is 16.1. The van der Waals surface area contributed by atoms with Crippen LogP contribution in [0.5, 0.6) is 0 Å². The van der Waals surface area contributed by atoms with E-state index >= 15 is 0 Å². The van der Waals surface area contributed by atoms with Gasteiger partial charge >= 0.3 is 0 Å². The normalized spacial score (nSPS) is 11.5. The lowest BCUT2D eigenvalue weighted by Crippen LogP contribution is -2.09. The Kier molecular flexibility index (Phi) is 8.08. The van der Waals surface area contributed by atoms with E-state index in [-0.39, 0.29) is 5.82 Å². The third-order valence-corrected chi connectivity index (χ3v) is 11.7. The highest BCUT2D eigenvalue weighted by atomic mass is 19.1. The molecule has 0 radical (unpaired) electrons. The van der Waals surface area contributed by atoms with Crippen LogP contribution < -0.4 is 4.90 Å². The molecular formula is C56H36FN.